The summed E-state index contributed by atoms with van der Waals surface area (Å²) in [6.07, 6.45) is 0. The highest BCUT2D eigenvalue weighted by molar-refractivity contribution is 7.10. The van der Waals surface area contributed by atoms with E-state index >= 15 is 0 Å². The molecule has 3 heteroatoms. The van der Waals surface area contributed by atoms with E-state index in [0.717, 1.165) is 23.4 Å². The van der Waals surface area contributed by atoms with Crippen molar-refractivity contribution in [1.29, 1.82) is 0 Å². The molecule has 0 radical (unpaired) electrons. The molecule has 0 amide bonds. The number of rotatable bonds is 3. The molecule has 2 heterocycles. The van der Waals surface area contributed by atoms with Crippen molar-refractivity contribution in [2.75, 3.05) is 5.32 Å². The molecule has 1 N–H and O–H groups in total. The Labute approximate surface area is 117 Å². The quantitative estimate of drug-likeness (QED) is 0.755. The molecule has 3 aromatic rings. The summed E-state index contributed by atoms with van der Waals surface area (Å²) in [6, 6.07) is 12.5. The Balaban J connectivity index is 1.94. The van der Waals surface area contributed by atoms with Gasteiger partial charge in [-0.25, -0.2) is 0 Å². The average molecular weight is 268 g/mol. The third kappa shape index (κ3) is 2.47. The van der Waals surface area contributed by atoms with Crippen LogP contribution in [0.25, 0.3) is 10.9 Å². The standard InChI is InChI=1S/C16H16N2S/c1-11-7-8-19-16(11)10-17-15-9-12(2)18-14-6-4-3-5-13(14)15/h3-9H,10H2,1-2H3,(H,17,18). The second-order valence-corrected chi connectivity index (χ2v) is 5.71. The van der Waals surface area contributed by atoms with Crippen LogP contribution in [0.2, 0.25) is 0 Å². The van der Waals surface area contributed by atoms with Crippen LogP contribution in [0.5, 0.6) is 0 Å². The Kier molecular flexibility index (Phi) is 3.22. The number of benzene rings is 1. The number of hydrogen-bond acceptors (Lipinski definition) is 3. The molecule has 19 heavy (non-hydrogen) atoms. The highest BCUT2D eigenvalue weighted by Gasteiger charge is 2.04. The zero-order valence-corrected chi connectivity index (χ0v) is 11.9. The zero-order chi connectivity index (χ0) is 13.2. The highest BCUT2D eigenvalue weighted by Crippen LogP contribution is 2.24. The number of anilines is 1. The van der Waals surface area contributed by atoms with E-state index in [-0.39, 0.29) is 0 Å². The van der Waals surface area contributed by atoms with E-state index in [1.165, 1.54) is 15.8 Å². The van der Waals surface area contributed by atoms with Gasteiger partial charge in [0.1, 0.15) is 0 Å². The third-order valence-corrected chi connectivity index (χ3v) is 4.27. The molecular weight excluding hydrogens is 252 g/mol. The molecule has 0 aliphatic carbocycles. The Hall–Kier alpha value is -1.87. The molecule has 0 saturated carbocycles. The molecule has 96 valence electrons. The molecule has 1 aromatic carbocycles. The molecule has 2 nitrogen and oxygen atoms in total. The summed E-state index contributed by atoms with van der Waals surface area (Å²) in [4.78, 5) is 5.95. The number of hydrogen-bond donors (Lipinski definition) is 1. The van der Waals surface area contributed by atoms with E-state index in [9.17, 15) is 0 Å². The molecule has 0 atom stereocenters. The van der Waals surface area contributed by atoms with Crippen molar-refractivity contribution in [3.8, 4) is 0 Å². The van der Waals surface area contributed by atoms with Gasteiger partial charge in [-0.15, -0.1) is 11.3 Å². The molecular formula is C16H16N2S. The summed E-state index contributed by atoms with van der Waals surface area (Å²) < 4.78 is 0. The number of thiophene rings is 1. The number of aromatic nitrogens is 1. The molecule has 0 aliphatic heterocycles. The van der Waals surface area contributed by atoms with Crippen molar-refractivity contribution >= 4 is 27.9 Å². The van der Waals surface area contributed by atoms with Gasteiger partial charge in [-0.1, -0.05) is 18.2 Å². The first-order valence-corrected chi connectivity index (χ1v) is 7.25. The van der Waals surface area contributed by atoms with Crippen LogP contribution < -0.4 is 5.32 Å². The van der Waals surface area contributed by atoms with Crippen molar-refractivity contribution in [2.45, 2.75) is 20.4 Å². The van der Waals surface area contributed by atoms with E-state index in [0.29, 0.717) is 0 Å². The van der Waals surface area contributed by atoms with Crippen LogP contribution in [0.1, 0.15) is 16.1 Å². The fourth-order valence-electron chi connectivity index (χ4n) is 2.21. The molecule has 0 unspecified atom stereocenters. The number of para-hydroxylation sites is 1. The van der Waals surface area contributed by atoms with Gasteiger partial charge in [-0.05, 0) is 43.0 Å². The van der Waals surface area contributed by atoms with Crippen LogP contribution in [-0.4, -0.2) is 4.98 Å². The largest absolute Gasteiger partial charge is 0.380 e. The Morgan fingerprint density at radius 1 is 1.16 bits per heavy atom. The van der Waals surface area contributed by atoms with Crippen LogP contribution in [-0.2, 0) is 6.54 Å². The Bertz CT molecular complexity index is 716. The fourth-order valence-corrected chi connectivity index (χ4v) is 3.06. The van der Waals surface area contributed by atoms with Gasteiger partial charge in [-0.3, -0.25) is 4.98 Å². The van der Waals surface area contributed by atoms with E-state index in [4.69, 9.17) is 0 Å². The van der Waals surface area contributed by atoms with Gasteiger partial charge in [-0.2, -0.15) is 0 Å². The zero-order valence-electron chi connectivity index (χ0n) is 11.1. The molecule has 0 saturated heterocycles. The topological polar surface area (TPSA) is 24.9 Å². The van der Waals surface area contributed by atoms with E-state index in [1.807, 2.05) is 13.0 Å². The number of fused-ring (bicyclic) bond motifs is 1. The van der Waals surface area contributed by atoms with Gasteiger partial charge in [0.25, 0.3) is 0 Å². The van der Waals surface area contributed by atoms with Gasteiger partial charge >= 0.3 is 0 Å². The van der Waals surface area contributed by atoms with Crippen molar-refractivity contribution in [3.63, 3.8) is 0 Å². The molecule has 0 bridgehead atoms. The summed E-state index contributed by atoms with van der Waals surface area (Å²) >= 11 is 1.80. The van der Waals surface area contributed by atoms with Gasteiger partial charge < -0.3 is 5.32 Å². The van der Waals surface area contributed by atoms with Crippen molar-refractivity contribution < 1.29 is 0 Å². The van der Waals surface area contributed by atoms with Crippen LogP contribution in [0.15, 0.2) is 41.8 Å². The molecule has 2 aromatic heterocycles. The number of nitrogens with one attached hydrogen (secondary N) is 1. The minimum atomic E-state index is 0.872. The lowest BCUT2D eigenvalue weighted by Gasteiger charge is -2.10. The first-order chi connectivity index (χ1) is 9.24. The van der Waals surface area contributed by atoms with Crippen LogP contribution in [0, 0.1) is 13.8 Å². The Morgan fingerprint density at radius 2 is 2.00 bits per heavy atom. The second kappa shape index (κ2) is 5.02. The summed E-state index contributed by atoms with van der Waals surface area (Å²) in [7, 11) is 0. The maximum Gasteiger partial charge on any atom is 0.0725 e. The average Bonchev–Trinajstić information content (AvgIpc) is 2.81. The predicted octanol–water partition coefficient (Wildman–Crippen LogP) is 4.53. The Morgan fingerprint density at radius 3 is 2.79 bits per heavy atom. The monoisotopic (exact) mass is 268 g/mol. The fraction of sp³-hybridized carbons (Fsp3) is 0.188. The summed E-state index contributed by atoms with van der Waals surface area (Å²) in [6.45, 7) is 5.06. The minimum Gasteiger partial charge on any atom is -0.380 e. The van der Waals surface area contributed by atoms with E-state index < -0.39 is 0 Å². The maximum absolute atomic E-state index is 4.56. The first-order valence-electron chi connectivity index (χ1n) is 6.37. The molecule has 0 spiro atoms. The maximum atomic E-state index is 4.56. The molecule has 0 fully saturated rings. The summed E-state index contributed by atoms with van der Waals surface area (Å²) in [5.41, 5.74) is 4.61. The molecule has 3 rings (SSSR count). The van der Waals surface area contributed by atoms with Crippen molar-refractivity contribution in [1.82, 2.24) is 4.98 Å². The molecule has 0 aliphatic rings. The van der Waals surface area contributed by atoms with E-state index in [1.54, 1.807) is 11.3 Å². The lowest BCUT2D eigenvalue weighted by molar-refractivity contribution is 1.16. The van der Waals surface area contributed by atoms with Gasteiger partial charge in [0.05, 0.1) is 5.52 Å². The third-order valence-electron chi connectivity index (χ3n) is 3.25. The number of nitrogens with zero attached hydrogens (tertiary/aromatic N) is 1. The summed E-state index contributed by atoms with van der Waals surface area (Å²) in [5.74, 6) is 0. The normalized spacial score (nSPS) is 10.8. The predicted molar refractivity (Wildman–Crippen MR) is 82.9 cm³/mol. The number of aryl methyl sites for hydroxylation is 2. The van der Waals surface area contributed by atoms with Gasteiger partial charge in [0, 0.05) is 28.2 Å². The van der Waals surface area contributed by atoms with Gasteiger partial charge in [0.15, 0.2) is 0 Å². The number of pyridine rings is 1. The van der Waals surface area contributed by atoms with Crippen LogP contribution >= 0.6 is 11.3 Å². The van der Waals surface area contributed by atoms with Gasteiger partial charge in [0.2, 0.25) is 0 Å². The van der Waals surface area contributed by atoms with Crippen LogP contribution in [0.4, 0.5) is 5.69 Å². The van der Waals surface area contributed by atoms with Crippen LogP contribution in [0.3, 0.4) is 0 Å². The SMILES string of the molecule is Cc1cc(NCc2sccc2C)c2ccccc2n1. The van der Waals surface area contributed by atoms with Crippen molar-refractivity contribution in [3.05, 3.63) is 57.9 Å². The van der Waals surface area contributed by atoms with Crippen molar-refractivity contribution in [2.24, 2.45) is 0 Å². The smallest absolute Gasteiger partial charge is 0.0725 e. The lowest BCUT2D eigenvalue weighted by Crippen LogP contribution is -2.00. The first kappa shape index (κ1) is 12.2. The van der Waals surface area contributed by atoms with E-state index in [2.05, 4.69) is 52.9 Å². The minimum absolute atomic E-state index is 0.872. The lowest BCUT2D eigenvalue weighted by atomic mass is 10.1. The second-order valence-electron chi connectivity index (χ2n) is 4.71. The highest BCUT2D eigenvalue weighted by atomic mass is 32.1. The summed E-state index contributed by atoms with van der Waals surface area (Å²) in [5, 5.41) is 6.87.